The lowest BCUT2D eigenvalue weighted by Crippen LogP contribution is -2.45. The van der Waals surface area contributed by atoms with E-state index in [2.05, 4.69) is 5.32 Å². The third kappa shape index (κ3) is 5.48. The highest BCUT2D eigenvalue weighted by molar-refractivity contribution is 7.98. The number of hydrogen-bond donors (Lipinski definition) is 2. The Morgan fingerprint density at radius 3 is 2.52 bits per heavy atom. The van der Waals surface area contributed by atoms with Gasteiger partial charge in [-0.15, -0.1) is 24.2 Å². The first-order valence-corrected chi connectivity index (χ1v) is 9.28. The fraction of sp³-hybridized carbons (Fsp3) is 0.250. The minimum Gasteiger partial charge on any atom is -0.451 e. The maximum atomic E-state index is 13.1. The third-order valence-electron chi connectivity index (χ3n) is 3.81. The fourth-order valence-electron chi connectivity index (χ4n) is 2.50. The van der Waals surface area contributed by atoms with Crippen LogP contribution in [0.5, 0.6) is 0 Å². The molecule has 0 fully saturated rings. The van der Waals surface area contributed by atoms with Crippen molar-refractivity contribution in [3.05, 3.63) is 65.7 Å². The Kier molecular flexibility index (Phi) is 6.92. The number of para-hydroxylation sites is 1. The minimum absolute atomic E-state index is 0. The van der Waals surface area contributed by atoms with Crippen molar-refractivity contribution in [2.24, 2.45) is 5.73 Å². The summed E-state index contributed by atoms with van der Waals surface area (Å²) in [4.78, 5) is 13.5. The molecule has 1 aromatic heterocycles. The van der Waals surface area contributed by atoms with E-state index in [4.69, 9.17) is 10.2 Å². The van der Waals surface area contributed by atoms with Gasteiger partial charge in [0.15, 0.2) is 5.76 Å². The number of hydrogen-bond acceptors (Lipinski definition) is 4. The number of carbonyl (C=O) groups is 1. The number of furan rings is 1. The summed E-state index contributed by atoms with van der Waals surface area (Å²) < 4.78 is 18.9. The zero-order chi connectivity index (χ0) is 18.7. The van der Waals surface area contributed by atoms with Crippen molar-refractivity contribution in [1.29, 1.82) is 0 Å². The van der Waals surface area contributed by atoms with Crippen LogP contribution in [0.3, 0.4) is 0 Å². The lowest BCUT2D eigenvalue weighted by Gasteiger charge is -2.18. The van der Waals surface area contributed by atoms with Gasteiger partial charge in [-0.05, 0) is 44.2 Å². The monoisotopic (exact) mass is 408 g/mol. The second-order valence-electron chi connectivity index (χ2n) is 6.82. The topological polar surface area (TPSA) is 68.3 Å². The number of amides is 1. The first kappa shape index (κ1) is 21.3. The first-order valence-electron chi connectivity index (χ1n) is 8.29. The number of benzene rings is 2. The zero-order valence-corrected chi connectivity index (χ0v) is 16.8. The highest BCUT2D eigenvalue weighted by Gasteiger charge is 2.22. The molecular formula is C20H22ClFN2O2S. The average molecular weight is 409 g/mol. The summed E-state index contributed by atoms with van der Waals surface area (Å²) in [5.74, 6) is 0.282. The summed E-state index contributed by atoms with van der Waals surface area (Å²) in [5, 5.41) is 3.73. The maximum absolute atomic E-state index is 13.1. The quantitative estimate of drug-likeness (QED) is 0.577. The van der Waals surface area contributed by atoms with Crippen LogP contribution in [0, 0.1) is 5.82 Å². The highest BCUT2D eigenvalue weighted by Crippen LogP contribution is 2.32. The lowest BCUT2D eigenvalue weighted by atomic mass is 10.1. The van der Waals surface area contributed by atoms with Crippen molar-refractivity contribution in [3.63, 3.8) is 0 Å². The molecule has 27 heavy (non-hydrogen) atoms. The van der Waals surface area contributed by atoms with Gasteiger partial charge in [-0.2, -0.15) is 0 Å². The van der Waals surface area contributed by atoms with Crippen LogP contribution in [-0.2, 0) is 5.75 Å². The van der Waals surface area contributed by atoms with Gasteiger partial charge in [0.25, 0.3) is 5.91 Å². The Hall–Kier alpha value is -2.02. The van der Waals surface area contributed by atoms with E-state index in [-0.39, 0.29) is 24.1 Å². The molecule has 4 nitrogen and oxygen atoms in total. The van der Waals surface area contributed by atoms with Crippen molar-refractivity contribution in [2.45, 2.75) is 30.0 Å². The van der Waals surface area contributed by atoms with Gasteiger partial charge in [0.05, 0.1) is 0 Å². The van der Waals surface area contributed by atoms with Gasteiger partial charge in [-0.25, -0.2) is 4.39 Å². The number of nitrogens with two attached hydrogens (primary N) is 1. The number of carbonyl (C=O) groups excluding carboxylic acids is 1. The normalized spacial score (nSPS) is 11.3. The van der Waals surface area contributed by atoms with Gasteiger partial charge in [0, 0.05) is 33.7 Å². The molecule has 3 aromatic rings. The Labute approximate surface area is 168 Å². The fourth-order valence-corrected chi connectivity index (χ4v) is 3.43. The molecule has 0 saturated heterocycles. The van der Waals surface area contributed by atoms with Gasteiger partial charge in [0.1, 0.15) is 11.4 Å². The van der Waals surface area contributed by atoms with Gasteiger partial charge in [-0.3, -0.25) is 4.79 Å². The summed E-state index contributed by atoms with van der Waals surface area (Å²) in [7, 11) is 0. The maximum Gasteiger partial charge on any atom is 0.287 e. The molecular weight excluding hydrogens is 387 g/mol. The zero-order valence-electron chi connectivity index (χ0n) is 15.1. The molecule has 144 valence electrons. The van der Waals surface area contributed by atoms with E-state index in [9.17, 15) is 9.18 Å². The van der Waals surface area contributed by atoms with E-state index < -0.39 is 5.54 Å². The van der Waals surface area contributed by atoms with Gasteiger partial charge < -0.3 is 15.5 Å². The smallest absolute Gasteiger partial charge is 0.287 e. The van der Waals surface area contributed by atoms with Crippen LogP contribution >= 0.6 is 24.2 Å². The predicted octanol–water partition coefficient (Wildman–Crippen LogP) is 4.75. The number of fused-ring (bicyclic) bond motifs is 1. The van der Waals surface area contributed by atoms with E-state index in [0.717, 1.165) is 15.8 Å². The summed E-state index contributed by atoms with van der Waals surface area (Å²) in [6.45, 7) is 4.03. The van der Waals surface area contributed by atoms with Crippen LogP contribution in [0.1, 0.15) is 30.0 Å². The van der Waals surface area contributed by atoms with Crippen LogP contribution in [0.25, 0.3) is 11.0 Å². The molecule has 0 spiro atoms. The van der Waals surface area contributed by atoms with Crippen molar-refractivity contribution >= 4 is 41.0 Å². The molecule has 0 aliphatic heterocycles. The molecule has 0 bridgehead atoms. The molecule has 0 atom stereocenters. The molecule has 3 N–H and O–H groups in total. The Bertz CT molecular complexity index is 920. The van der Waals surface area contributed by atoms with Crippen molar-refractivity contribution in [2.75, 3.05) is 6.54 Å². The molecule has 0 aliphatic rings. The molecule has 1 amide bonds. The molecule has 3 rings (SSSR count). The first-order chi connectivity index (χ1) is 12.3. The summed E-state index contributed by atoms with van der Waals surface area (Å²) in [6, 6.07) is 13.8. The number of rotatable bonds is 6. The van der Waals surface area contributed by atoms with Crippen molar-refractivity contribution in [1.82, 2.24) is 5.32 Å². The van der Waals surface area contributed by atoms with Gasteiger partial charge in [0.2, 0.25) is 0 Å². The van der Waals surface area contributed by atoms with Crippen LogP contribution in [0.2, 0.25) is 0 Å². The van der Waals surface area contributed by atoms with Gasteiger partial charge in [-0.1, -0.05) is 18.2 Å². The van der Waals surface area contributed by atoms with Crippen molar-refractivity contribution < 1.29 is 13.6 Å². The Morgan fingerprint density at radius 1 is 1.19 bits per heavy atom. The molecule has 0 saturated carbocycles. The molecule has 0 unspecified atom stereocenters. The van der Waals surface area contributed by atoms with E-state index in [0.29, 0.717) is 23.6 Å². The molecule has 0 radical (unpaired) electrons. The highest BCUT2D eigenvalue weighted by atomic mass is 35.5. The van der Waals surface area contributed by atoms with Crippen LogP contribution < -0.4 is 11.1 Å². The third-order valence-corrected chi connectivity index (χ3v) is 4.84. The molecule has 2 aromatic carbocycles. The molecule has 1 heterocycles. The second kappa shape index (κ2) is 8.78. The number of thioether (sulfide) groups is 1. The van der Waals surface area contributed by atoms with Crippen molar-refractivity contribution in [3.8, 4) is 0 Å². The SMILES string of the molecule is CC(C)(N)CNC(=O)c1oc2ccccc2c1CSc1ccc(F)cc1.Cl. The number of halogens is 2. The lowest BCUT2D eigenvalue weighted by molar-refractivity contribution is 0.0919. The van der Waals surface area contributed by atoms with Gasteiger partial charge >= 0.3 is 0 Å². The standard InChI is InChI=1S/C20H21FN2O2S.ClH/c1-20(2,22)12-23-19(24)18-16(15-5-3-4-6-17(15)25-18)11-26-14-9-7-13(21)8-10-14;/h3-10H,11-12,22H2,1-2H3,(H,23,24);1H. The van der Waals surface area contributed by atoms with E-state index in [1.54, 1.807) is 12.1 Å². The van der Waals surface area contributed by atoms with E-state index >= 15 is 0 Å². The molecule has 7 heteroatoms. The van der Waals surface area contributed by atoms with Crippen LogP contribution in [-0.4, -0.2) is 18.0 Å². The Morgan fingerprint density at radius 2 is 1.85 bits per heavy atom. The summed E-state index contributed by atoms with van der Waals surface area (Å²) >= 11 is 1.53. The average Bonchev–Trinajstić information content (AvgIpc) is 2.97. The molecule has 0 aliphatic carbocycles. The van der Waals surface area contributed by atoms with E-state index in [1.165, 1.54) is 23.9 Å². The van der Waals surface area contributed by atoms with Crippen LogP contribution in [0.15, 0.2) is 57.8 Å². The van der Waals surface area contributed by atoms with E-state index in [1.807, 2.05) is 38.1 Å². The predicted molar refractivity (Wildman–Crippen MR) is 110 cm³/mol. The summed E-state index contributed by atoms with van der Waals surface area (Å²) in [6.07, 6.45) is 0. The van der Waals surface area contributed by atoms with Crippen LogP contribution in [0.4, 0.5) is 4.39 Å². The number of nitrogens with one attached hydrogen (secondary N) is 1. The largest absolute Gasteiger partial charge is 0.451 e. The minimum atomic E-state index is -0.509. The second-order valence-corrected chi connectivity index (χ2v) is 7.87. The summed E-state index contributed by atoms with van der Waals surface area (Å²) in [5.41, 5.74) is 6.92. The Balaban J connectivity index is 0.00000261.